The van der Waals surface area contributed by atoms with Crippen molar-refractivity contribution in [2.75, 3.05) is 31.8 Å². The van der Waals surface area contributed by atoms with Gasteiger partial charge in [-0.25, -0.2) is 4.79 Å². The van der Waals surface area contributed by atoms with Gasteiger partial charge in [-0.3, -0.25) is 4.21 Å². The molecular weight excluding hydrogens is 300 g/mol. The molecule has 2 rings (SSSR count). The lowest BCUT2D eigenvalue weighted by atomic mass is 9.97. The third kappa shape index (κ3) is 4.30. The van der Waals surface area contributed by atoms with E-state index in [1.54, 1.807) is 37.6 Å². The topological polar surface area (TPSA) is 58.6 Å². The van der Waals surface area contributed by atoms with Crippen LogP contribution in [0.5, 0.6) is 0 Å². The summed E-state index contributed by atoms with van der Waals surface area (Å²) in [7, 11) is 0.728. The van der Waals surface area contributed by atoms with Gasteiger partial charge in [0.05, 0.1) is 5.60 Å². The van der Waals surface area contributed by atoms with Gasteiger partial charge in [-0.1, -0.05) is 0 Å². The molecule has 1 aromatic rings. The molecule has 1 fully saturated rings. The van der Waals surface area contributed by atoms with E-state index in [9.17, 15) is 9.00 Å². The van der Waals surface area contributed by atoms with Crippen LogP contribution in [0.1, 0.15) is 26.2 Å². The molecule has 0 saturated carbocycles. The molecular formula is C16H24N2O3S. The zero-order valence-electron chi connectivity index (χ0n) is 13.4. The Labute approximate surface area is 134 Å². The van der Waals surface area contributed by atoms with Crippen LogP contribution in [0, 0.1) is 0 Å². The summed E-state index contributed by atoms with van der Waals surface area (Å²) in [6.07, 6.45) is 4.37. The number of likely N-dealkylation sites (tertiary alicyclic amines) is 1. The van der Waals surface area contributed by atoms with Crippen molar-refractivity contribution in [3.05, 3.63) is 24.3 Å². The van der Waals surface area contributed by atoms with Crippen LogP contribution in [0.3, 0.4) is 0 Å². The second-order valence-corrected chi connectivity index (χ2v) is 7.28. The minimum Gasteiger partial charge on any atom is -0.378 e. The zero-order valence-corrected chi connectivity index (χ0v) is 14.2. The van der Waals surface area contributed by atoms with Crippen LogP contribution in [0.4, 0.5) is 10.5 Å². The number of nitrogens with zero attached hydrogens (tertiary/aromatic N) is 1. The number of carbonyl (C=O) groups excluding carboxylic acids is 1. The van der Waals surface area contributed by atoms with Crippen molar-refractivity contribution >= 4 is 22.5 Å². The number of ether oxygens (including phenoxy) is 1. The molecule has 122 valence electrons. The van der Waals surface area contributed by atoms with Gasteiger partial charge in [-0.2, -0.15) is 0 Å². The van der Waals surface area contributed by atoms with Crippen LogP contribution in [0.15, 0.2) is 29.2 Å². The lowest BCUT2D eigenvalue weighted by Gasteiger charge is -2.26. The van der Waals surface area contributed by atoms with Crippen LogP contribution in [0.2, 0.25) is 0 Å². The number of methoxy groups -OCH3 is 1. The van der Waals surface area contributed by atoms with E-state index in [0.717, 1.165) is 36.4 Å². The maximum Gasteiger partial charge on any atom is 0.321 e. The van der Waals surface area contributed by atoms with E-state index in [1.165, 1.54) is 0 Å². The number of hydrogen-bond donors (Lipinski definition) is 1. The molecule has 0 aliphatic carbocycles. The number of amides is 2. The van der Waals surface area contributed by atoms with Crippen molar-refractivity contribution in [3.63, 3.8) is 0 Å². The van der Waals surface area contributed by atoms with Crippen LogP contribution in [-0.4, -0.2) is 47.2 Å². The average Bonchev–Trinajstić information content (AvgIpc) is 2.70. The Balaban J connectivity index is 1.95. The number of benzene rings is 1. The van der Waals surface area contributed by atoms with E-state index in [4.69, 9.17) is 4.74 Å². The molecule has 1 heterocycles. The molecule has 0 spiro atoms. The summed E-state index contributed by atoms with van der Waals surface area (Å²) in [6, 6.07) is 7.02. The van der Waals surface area contributed by atoms with Gasteiger partial charge < -0.3 is 15.0 Å². The molecule has 6 heteroatoms. The first-order chi connectivity index (χ1) is 10.4. The monoisotopic (exact) mass is 324 g/mol. The molecule has 2 unspecified atom stereocenters. The van der Waals surface area contributed by atoms with E-state index in [1.807, 2.05) is 4.90 Å². The van der Waals surface area contributed by atoms with Crippen molar-refractivity contribution in [1.29, 1.82) is 0 Å². The zero-order chi connectivity index (χ0) is 16.2. The fraction of sp³-hybridized carbons (Fsp3) is 0.562. The Morgan fingerprint density at radius 3 is 2.55 bits per heavy atom. The number of rotatable bonds is 3. The molecule has 1 aliphatic rings. The van der Waals surface area contributed by atoms with Crippen molar-refractivity contribution in [1.82, 2.24) is 4.90 Å². The Bertz CT molecular complexity index is 547. The lowest BCUT2D eigenvalue weighted by Crippen LogP contribution is -2.37. The predicted molar refractivity (Wildman–Crippen MR) is 88.6 cm³/mol. The molecule has 5 nitrogen and oxygen atoms in total. The van der Waals surface area contributed by atoms with Crippen LogP contribution in [0.25, 0.3) is 0 Å². The third-order valence-electron chi connectivity index (χ3n) is 4.26. The van der Waals surface area contributed by atoms with E-state index < -0.39 is 10.8 Å². The first kappa shape index (κ1) is 17.0. The molecule has 0 bridgehead atoms. The number of anilines is 1. The van der Waals surface area contributed by atoms with E-state index in [2.05, 4.69) is 12.2 Å². The highest BCUT2D eigenvalue weighted by molar-refractivity contribution is 7.84. The molecule has 1 aliphatic heterocycles. The van der Waals surface area contributed by atoms with Gasteiger partial charge in [0.2, 0.25) is 0 Å². The number of carbonyl (C=O) groups is 1. The highest BCUT2D eigenvalue weighted by Gasteiger charge is 2.29. The predicted octanol–water partition coefficient (Wildman–Crippen LogP) is 2.85. The Morgan fingerprint density at radius 2 is 1.95 bits per heavy atom. The highest BCUT2D eigenvalue weighted by Crippen LogP contribution is 2.25. The summed E-state index contributed by atoms with van der Waals surface area (Å²) < 4.78 is 16.9. The minimum absolute atomic E-state index is 0.0919. The molecule has 1 saturated heterocycles. The first-order valence-corrected chi connectivity index (χ1v) is 9.04. The fourth-order valence-electron chi connectivity index (χ4n) is 2.59. The highest BCUT2D eigenvalue weighted by atomic mass is 32.2. The number of hydrogen-bond acceptors (Lipinski definition) is 3. The first-order valence-electron chi connectivity index (χ1n) is 7.48. The number of nitrogens with one attached hydrogen (secondary N) is 1. The lowest BCUT2D eigenvalue weighted by molar-refractivity contribution is -0.00491. The SMILES string of the molecule is COC1(C)CCCN(C(=O)Nc2ccc(S(C)=O)cc2)CC1. The van der Waals surface area contributed by atoms with E-state index in [-0.39, 0.29) is 11.6 Å². The van der Waals surface area contributed by atoms with E-state index in [0.29, 0.717) is 6.54 Å². The normalized spacial score (nSPS) is 23.7. The standard InChI is InChI=1S/C16H24N2O3S/c1-16(21-2)9-4-11-18(12-10-16)15(19)17-13-5-7-14(8-6-13)22(3)20/h5-8H,4,9-12H2,1-3H3,(H,17,19). The van der Waals surface area contributed by atoms with Crippen LogP contribution in [-0.2, 0) is 15.5 Å². The molecule has 2 atom stereocenters. The second-order valence-electron chi connectivity index (χ2n) is 5.90. The van der Waals surface area contributed by atoms with Gasteiger partial charge in [0.25, 0.3) is 0 Å². The van der Waals surface area contributed by atoms with Gasteiger partial charge in [0.1, 0.15) is 0 Å². The molecule has 1 aromatic carbocycles. The quantitative estimate of drug-likeness (QED) is 0.930. The fourth-order valence-corrected chi connectivity index (χ4v) is 3.11. The second kappa shape index (κ2) is 7.24. The van der Waals surface area contributed by atoms with Gasteiger partial charge in [-0.05, 0) is 50.5 Å². The Hall–Kier alpha value is -1.40. The molecule has 0 aromatic heterocycles. The Morgan fingerprint density at radius 1 is 1.27 bits per heavy atom. The summed E-state index contributed by atoms with van der Waals surface area (Å²) in [5.41, 5.74) is 0.583. The van der Waals surface area contributed by atoms with Gasteiger partial charge in [0.15, 0.2) is 0 Å². The minimum atomic E-state index is -1.00. The van der Waals surface area contributed by atoms with Gasteiger partial charge in [0, 0.05) is 47.8 Å². The smallest absolute Gasteiger partial charge is 0.321 e. The summed E-state index contributed by atoms with van der Waals surface area (Å²) in [4.78, 5) is 14.9. The van der Waals surface area contributed by atoms with Gasteiger partial charge in [-0.15, -0.1) is 0 Å². The summed E-state index contributed by atoms with van der Waals surface area (Å²) in [6.45, 7) is 3.52. The largest absolute Gasteiger partial charge is 0.378 e. The molecule has 1 N–H and O–H groups in total. The molecule has 2 amide bonds. The van der Waals surface area contributed by atoms with Crippen molar-refractivity contribution in [3.8, 4) is 0 Å². The molecule has 22 heavy (non-hydrogen) atoms. The summed E-state index contributed by atoms with van der Waals surface area (Å²) >= 11 is 0. The number of urea groups is 1. The maximum absolute atomic E-state index is 12.4. The summed E-state index contributed by atoms with van der Waals surface area (Å²) in [5, 5.41) is 2.90. The van der Waals surface area contributed by atoms with Crippen LogP contribution < -0.4 is 5.32 Å². The third-order valence-corrected chi connectivity index (χ3v) is 5.20. The molecule has 0 radical (unpaired) electrons. The van der Waals surface area contributed by atoms with Gasteiger partial charge >= 0.3 is 6.03 Å². The van der Waals surface area contributed by atoms with Crippen molar-refractivity contribution < 1.29 is 13.7 Å². The van der Waals surface area contributed by atoms with Crippen molar-refractivity contribution in [2.24, 2.45) is 0 Å². The van der Waals surface area contributed by atoms with E-state index >= 15 is 0 Å². The Kier molecular flexibility index (Phi) is 5.58. The van der Waals surface area contributed by atoms with Crippen molar-refractivity contribution in [2.45, 2.75) is 36.7 Å². The average molecular weight is 324 g/mol. The van der Waals surface area contributed by atoms with Crippen LogP contribution >= 0.6 is 0 Å². The summed E-state index contributed by atoms with van der Waals surface area (Å²) in [5.74, 6) is 0. The maximum atomic E-state index is 12.4.